The molecule has 0 unspecified atom stereocenters. The number of fused-ring (bicyclic) bond motifs is 1. The van der Waals surface area contributed by atoms with E-state index in [0.717, 1.165) is 23.3 Å². The summed E-state index contributed by atoms with van der Waals surface area (Å²) >= 11 is 20.0. The van der Waals surface area contributed by atoms with Crippen LogP contribution in [-0.2, 0) is 4.74 Å². The van der Waals surface area contributed by atoms with E-state index in [1.54, 1.807) is 29.2 Å². The Kier molecular flexibility index (Phi) is 8.21. The van der Waals surface area contributed by atoms with Crippen molar-refractivity contribution in [1.82, 2.24) is 9.88 Å². The summed E-state index contributed by atoms with van der Waals surface area (Å²) < 4.78 is 6.34. The van der Waals surface area contributed by atoms with Gasteiger partial charge in [-0.25, -0.2) is 4.98 Å². The molecule has 1 fully saturated rings. The van der Waals surface area contributed by atoms with Crippen molar-refractivity contribution in [2.75, 3.05) is 44.3 Å². The lowest BCUT2D eigenvalue weighted by molar-refractivity contribution is 0.0391. The van der Waals surface area contributed by atoms with Crippen LogP contribution in [0.3, 0.4) is 0 Å². The molecule has 0 spiro atoms. The van der Waals surface area contributed by atoms with Gasteiger partial charge >= 0.3 is 0 Å². The van der Waals surface area contributed by atoms with Crippen LogP contribution >= 0.6 is 58.5 Å². The van der Waals surface area contributed by atoms with Crippen LogP contribution < -0.4 is 4.90 Å². The van der Waals surface area contributed by atoms with Crippen LogP contribution in [0.25, 0.3) is 10.2 Å². The maximum absolute atomic E-state index is 13.4. The van der Waals surface area contributed by atoms with Crippen LogP contribution in [0.5, 0.6) is 0 Å². The van der Waals surface area contributed by atoms with E-state index in [1.807, 2.05) is 12.1 Å². The minimum Gasteiger partial charge on any atom is -0.379 e. The lowest BCUT2D eigenvalue weighted by Gasteiger charge is -2.29. The van der Waals surface area contributed by atoms with Crippen molar-refractivity contribution in [3.63, 3.8) is 0 Å². The van der Waals surface area contributed by atoms with Crippen LogP contribution in [0.1, 0.15) is 10.4 Å². The van der Waals surface area contributed by atoms with E-state index in [4.69, 9.17) is 39.5 Å². The van der Waals surface area contributed by atoms with Gasteiger partial charge in [-0.1, -0.05) is 46.1 Å². The third-order valence-corrected chi connectivity index (χ3v) is 6.56. The van der Waals surface area contributed by atoms with Gasteiger partial charge in [0.25, 0.3) is 5.91 Å². The Balaban J connectivity index is 0.00000256. The number of anilines is 1. The van der Waals surface area contributed by atoms with Crippen molar-refractivity contribution in [1.29, 1.82) is 0 Å². The summed E-state index contributed by atoms with van der Waals surface area (Å²) in [5, 5.41) is 2.07. The number of thiazole rings is 1. The molecule has 0 radical (unpaired) electrons. The molecule has 160 valence electrons. The molecule has 1 amide bonds. The zero-order valence-corrected chi connectivity index (χ0v) is 19.7. The highest BCUT2D eigenvalue weighted by molar-refractivity contribution is 7.22. The zero-order chi connectivity index (χ0) is 20.4. The number of morpholine rings is 1. The molecule has 0 bridgehead atoms. The third-order valence-electron chi connectivity index (χ3n) is 4.72. The molecular formula is C20H19Cl4N3O2S. The van der Waals surface area contributed by atoms with E-state index >= 15 is 0 Å². The van der Waals surface area contributed by atoms with Gasteiger partial charge in [-0.2, -0.15) is 0 Å². The number of ether oxygens (including phenoxy) is 1. The summed E-state index contributed by atoms with van der Waals surface area (Å²) in [6, 6.07) is 10.4. The maximum atomic E-state index is 13.4. The fraction of sp³-hybridized carbons (Fsp3) is 0.300. The topological polar surface area (TPSA) is 45.7 Å². The SMILES string of the molecule is Cl.O=C(c1cc(Cl)ccc1Cl)N(CCN1CCOCC1)c1nc2ccc(Cl)cc2s1. The fourth-order valence-corrected chi connectivity index (χ4v) is 4.80. The van der Waals surface area contributed by atoms with Crippen LogP contribution in [0.15, 0.2) is 36.4 Å². The van der Waals surface area contributed by atoms with Gasteiger partial charge in [0.05, 0.1) is 34.0 Å². The van der Waals surface area contributed by atoms with Gasteiger partial charge in [0.1, 0.15) is 0 Å². The first kappa shape index (κ1) is 23.5. The third kappa shape index (κ3) is 5.37. The van der Waals surface area contributed by atoms with Crippen molar-refractivity contribution >= 4 is 79.8 Å². The fourth-order valence-electron chi connectivity index (χ4n) is 3.16. The molecule has 0 aliphatic carbocycles. The van der Waals surface area contributed by atoms with Gasteiger partial charge in [0, 0.05) is 36.2 Å². The molecule has 0 N–H and O–H groups in total. The van der Waals surface area contributed by atoms with Gasteiger partial charge < -0.3 is 4.74 Å². The second kappa shape index (κ2) is 10.5. The van der Waals surface area contributed by atoms with Crippen molar-refractivity contribution in [3.05, 3.63) is 57.0 Å². The van der Waals surface area contributed by atoms with Crippen LogP contribution in [0.2, 0.25) is 15.1 Å². The van der Waals surface area contributed by atoms with Gasteiger partial charge in [-0.05, 0) is 36.4 Å². The van der Waals surface area contributed by atoms with E-state index in [2.05, 4.69) is 9.88 Å². The second-order valence-electron chi connectivity index (χ2n) is 6.64. The number of amides is 1. The number of carbonyl (C=O) groups is 1. The number of aromatic nitrogens is 1. The molecule has 0 atom stereocenters. The average Bonchev–Trinajstić information content (AvgIpc) is 3.13. The molecule has 10 heteroatoms. The summed E-state index contributed by atoms with van der Waals surface area (Å²) in [6.07, 6.45) is 0. The average molecular weight is 507 g/mol. The number of halogens is 4. The van der Waals surface area contributed by atoms with Crippen molar-refractivity contribution in [2.45, 2.75) is 0 Å². The predicted octanol–water partition coefficient (Wildman–Crippen LogP) is 5.66. The zero-order valence-electron chi connectivity index (χ0n) is 15.8. The molecule has 5 nitrogen and oxygen atoms in total. The van der Waals surface area contributed by atoms with Gasteiger partial charge in [-0.15, -0.1) is 12.4 Å². The van der Waals surface area contributed by atoms with E-state index in [9.17, 15) is 4.79 Å². The van der Waals surface area contributed by atoms with E-state index in [-0.39, 0.29) is 18.3 Å². The maximum Gasteiger partial charge on any atom is 0.261 e. The molecule has 30 heavy (non-hydrogen) atoms. The number of rotatable bonds is 5. The second-order valence-corrected chi connectivity index (χ2v) is 8.93. The first-order valence-corrected chi connectivity index (χ1v) is 11.1. The van der Waals surface area contributed by atoms with Gasteiger partial charge in [-0.3, -0.25) is 14.6 Å². The Morgan fingerprint density at radius 2 is 1.80 bits per heavy atom. The molecule has 2 heterocycles. The highest BCUT2D eigenvalue weighted by Gasteiger charge is 2.24. The minimum absolute atomic E-state index is 0. The van der Waals surface area contributed by atoms with E-state index < -0.39 is 0 Å². The lowest BCUT2D eigenvalue weighted by atomic mass is 10.2. The Labute approximate surface area is 199 Å². The summed E-state index contributed by atoms with van der Waals surface area (Å²) in [7, 11) is 0. The monoisotopic (exact) mass is 505 g/mol. The normalized spacial score (nSPS) is 14.5. The first-order valence-electron chi connectivity index (χ1n) is 9.14. The van der Waals surface area contributed by atoms with Crippen molar-refractivity contribution in [2.24, 2.45) is 0 Å². The summed E-state index contributed by atoms with van der Waals surface area (Å²) in [5.41, 5.74) is 1.16. The number of nitrogens with zero attached hydrogens (tertiary/aromatic N) is 3. The highest BCUT2D eigenvalue weighted by Crippen LogP contribution is 2.32. The van der Waals surface area contributed by atoms with E-state index in [1.165, 1.54) is 11.3 Å². The first-order chi connectivity index (χ1) is 14.0. The molecule has 1 aliphatic rings. The number of carbonyl (C=O) groups excluding carboxylic acids is 1. The van der Waals surface area contributed by atoms with Gasteiger partial charge in [0.15, 0.2) is 5.13 Å². The van der Waals surface area contributed by atoms with Crippen molar-refractivity contribution < 1.29 is 9.53 Å². The van der Waals surface area contributed by atoms with Crippen LogP contribution in [-0.4, -0.2) is 55.2 Å². The Bertz CT molecular complexity index is 1040. The summed E-state index contributed by atoms with van der Waals surface area (Å²) in [4.78, 5) is 22.0. The molecular weight excluding hydrogens is 488 g/mol. The summed E-state index contributed by atoms with van der Waals surface area (Å²) in [6.45, 7) is 4.28. The number of hydrogen-bond donors (Lipinski definition) is 0. The molecule has 1 aromatic heterocycles. The molecule has 2 aromatic carbocycles. The molecule has 0 saturated carbocycles. The Morgan fingerprint density at radius 1 is 1.10 bits per heavy atom. The predicted molar refractivity (Wildman–Crippen MR) is 127 cm³/mol. The number of benzene rings is 2. The standard InChI is InChI=1S/C20H18Cl3N3O2S.ClH/c21-13-1-3-16(23)15(11-13)19(27)26(6-5-25-7-9-28-10-8-25)20-24-17-4-2-14(22)12-18(17)29-20;/h1-4,11-12H,5-10H2;1H. The lowest BCUT2D eigenvalue weighted by Crippen LogP contribution is -2.43. The van der Waals surface area contributed by atoms with E-state index in [0.29, 0.717) is 52.1 Å². The largest absolute Gasteiger partial charge is 0.379 e. The van der Waals surface area contributed by atoms with Crippen LogP contribution in [0, 0.1) is 0 Å². The molecule has 1 aliphatic heterocycles. The molecule has 3 aromatic rings. The highest BCUT2D eigenvalue weighted by atomic mass is 35.5. The van der Waals surface area contributed by atoms with Crippen molar-refractivity contribution in [3.8, 4) is 0 Å². The quantitative estimate of drug-likeness (QED) is 0.448. The van der Waals surface area contributed by atoms with Crippen LogP contribution in [0.4, 0.5) is 5.13 Å². The number of hydrogen-bond acceptors (Lipinski definition) is 5. The van der Waals surface area contributed by atoms with Gasteiger partial charge in [0.2, 0.25) is 0 Å². The molecule has 1 saturated heterocycles. The summed E-state index contributed by atoms with van der Waals surface area (Å²) in [5.74, 6) is -0.226. The smallest absolute Gasteiger partial charge is 0.261 e. The Hall–Kier alpha value is -1.12. The minimum atomic E-state index is -0.226. The molecule has 4 rings (SSSR count). The Morgan fingerprint density at radius 3 is 2.57 bits per heavy atom.